The summed E-state index contributed by atoms with van der Waals surface area (Å²) in [6.45, 7) is 0.547. The van der Waals surface area contributed by atoms with Gasteiger partial charge in [0.25, 0.3) is 10.1 Å². The molecule has 3 heterocycles. The largest absolute Gasteiger partial charge is 0.507 e. The Morgan fingerprint density at radius 1 is 0.800 bits per heavy atom. The molecule has 0 spiro atoms. The third-order valence-corrected chi connectivity index (χ3v) is 8.90. The first-order valence-corrected chi connectivity index (χ1v) is 16.7. The number of ether oxygens (including phenoxy) is 5. The van der Waals surface area contributed by atoms with Crippen LogP contribution in [0.15, 0.2) is 39.5 Å². The number of phenols is 3. The summed E-state index contributed by atoms with van der Waals surface area (Å²) in [5.41, 5.74) is -1.43. The number of hydrogen-bond donors (Lipinski definition) is 10. The van der Waals surface area contributed by atoms with E-state index in [-0.39, 0.29) is 29.9 Å². The van der Waals surface area contributed by atoms with Gasteiger partial charge in [0.1, 0.15) is 65.2 Å². The van der Waals surface area contributed by atoms with E-state index in [2.05, 4.69) is 0 Å². The summed E-state index contributed by atoms with van der Waals surface area (Å²) in [5.74, 6) is -3.71. The molecule has 0 amide bonds. The van der Waals surface area contributed by atoms with Gasteiger partial charge in [-0.05, 0) is 31.5 Å². The van der Waals surface area contributed by atoms with Crippen LogP contribution in [0.25, 0.3) is 22.3 Å². The van der Waals surface area contributed by atoms with E-state index >= 15 is 0 Å². The van der Waals surface area contributed by atoms with Crippen molar-refractivity contribution in [1.82, 2.24) is 0 Å². The van der Waals surface area contributed by atoms with Gasteiger partial charge in [0.2, 0.25) is 17.5 Å². The molecule has 0 aliphatic carbocycles. The van der Waals surface area contributed by atoms with Crippen LogP contribution in [0.1, 0.15) is 13.3 Å². The number of phenolic OH excluding ortho intramolecular Hbond substituents is 3. The van der Waals surface area contributed by atoms with Crippen LogP contribution < -0.4 is 14.9 Å². The van der Waals surface area contributed by atoms with Gasteiger partial charge >= 0.3 is 0 Å². The zero-order chi connectivity index (χ0) is 36.7. The van der Waals surface area contributed by atoms with Crippen LogP contribution in [-0.2, 0) is 24.3 Å². The highest BCUT2D eigenvalue weighted by Crippen LogP contribution is 2.39. The fourth-order valence-electron chi connectivity index (χ4n) is 5.34. The number of fused-ring (bicyclic) bond motifs is 1. The van der Waals surface area contributed by atoms with Crippen molar-refractivity contribution >= 4 is 21.1 Å². The van der Waals surface area contributed by atoms with Crippen LogP contribution in [0.5, 0.6) is 28.7 Å². The van der Waals surface area contributed by atoms with E-state index in [4.69, 9.17) is 32.7 Å². The highest BCUT2D eigenvalue weighted by molar-refractivity contribution is 7.85. The second kappa shape index (κ2) is 14.8. The lowest BCUT2D eigenvalue weighted by Crippen LogP contribution is -2.61. The van der Waals surface area contributed by atoms with E-state index in [1.807, 2.05) is 0 Å². The minimum Gasteiger partial charge on any atom is -0.507 e. The third kappa shape index (κ3) is 7.90. The van der Waals surface area contributed by atoms with Gasteiger partial charge in [-0.2, -0.15) is 8.42 Å². The average Bonchev–Trinajstić information content (AvgIpc) is 3.05. The highest BCUT2D eigenvalue weighted by Gasteiger charge is 2.48. The van der Waals surface area contributed by atoms with Crippen molar-refractivity contribution in [3.8, 4) is 40.1 Å². The minimum absolute atomic E-state index is 0.0719. The molecule has 2 saturated heterocycles. The van der Waals surface area contributed by atoms with Gasteiger partial charge in [-0.1, -0.05) is 0 Å². The maximum Gasteiger partial charge on any atom is 0.264 e. The smallest absolute Gasteiger partial charge is 0.264 e. The van der Waals surface area contributed by atoms with Crippen molar-refractivity contribution in [2.24, 2.45) is 0 Å². The summed E-state index contributed by atoms with van der Waals surface area (Å²) in [6.07, 6.45) is -16.6. The Morgan fingerprint density at radius 2 is 1.48 bits per heavy atom. The molecule has 1 aromatic heterocycles. The van der Waals surface area contributed by atoms with E-state index < -0.39 is 123 Å². The quantitative estimate of drug-likeness (QED) is 0.0594. The van der Waals surface area contributed by atoms with Gasteiger partial charge in [-0.3, -0.25) is 9.35 Å². The first-order chi connectivity index (χ1) is 23.5. The van der Waals surface area contributed by atoms with Gasteiger partial charge in [-0.15, -0.1) is 0 Å². The van der Waals surface area contributed by atoms with E-state index in [1.54, 1.807) is 0 Å². The third-order valence-electron chi connectivity index (χ3n) is 8.10. The minimum atomic E-state index is -4.26. The molecule has 19 nitrogen and oxygen atoms in total. The lowest BCUT2D eigenvalue weighted by molar-refractivity contribution is -0.318. The van der Waals surface area contributed by atoms with Gasteiger partial charge in [0.15, 0.2) is 23.5 Å². The van der Waals surface area contributed by atoms with Gasteiger partial charge < -0.3 is 74.1 Å². The predicted octanol–water partition coefficient (Wildman–Crippen LogP) is -1.74. The van der Waals surface area contributed by atoms with Crippen molar-refractivity contribution < 1.29 is 87.0 Å². The maximum atomic E-state index is 13.9. The zero-order valence-electron chi connectivity index (χ0n) is 26.0. The van der Waals surface area contributed by atoms with Crippen LogP contribution in [0.2, 0.25) is 0 Å². The summed E-state index contributed by atoms with van der Waals surface area (Å²) in [7, 11) is -4.26. The van der Waals surface area contributed by atoms with Crippen molar-refractivity contribution in [3.05, 3.63) is 40.6 Å². The van der Waals surface area contributed by atoms with Crippen molar-refractivity contribution in [2.75, 3.05) is 19.0 Å². The van der Waals surface area contributed by atoms with Crippen LogP contribution in [-0.4, -0.2) is 139 Å². The standard InChI is InChI=1S/C30H36O19S/c1-11-20(34)23(37)25(39)29(46-11)45-10-18-21(35)24(38)26(40)30(48-18)49-28-22(36)19-16(33)8-13(44-5-2-6-50(41,42)43)9-17(19)47-27(28)12-3-4-14(31)15(32)7-12/h3-4,7-9,11,18,20-21,23-26,29-35,37-40H,2,5-6,10H2,1H3,(H,41,42,43)/t11-,18+,20-,21+,23+,24-,25+,26+,29+,30-/m0/s1. The first kappa shape index (κ1) is 37.5. The number of hydrogen-bond acceptors (Lipinski definition) is 18. The Bertz CT molecular complexity index is 1850. The van der Waals surface area contributed by atoms with E-state index in [0.29, 0.717) is 0 Å². The Morgan fingerprint density at radius 3 is 2.16 bits per heavy atom. The number of benzene rings is 2. The Kier molecular flexibility index (Phi) is 11.1. The summed E-state index contributed by atoms with van der Waals surface area (Å²) in [4.78, 5) is 13.9. The highest BCUT2D eigenvalue weighted by atomic mass is 32.2. The molecule has 0 unspecified atom stereocenters. The van der Waals surface area contributed by atoms with Crippen LogP contribution >= 0.6 is 0 Å². The van der Waals surface area contributed by atoms with E-state index in [0.717, 1.165) is 18.2 Å². The van der Waals surface area contributed by atoms with Crippen LogP contribution in [0, 0.1) is 0 Å². The SMILES string of the molecule is C[C@@H]1O[C@@H](OC[C@H]2O[C@@H](Oc3c(-c4ccc(O)c(O)c4)oc4cc(OCCCS(=O)(=O)O)cc(O)c4c3=O)[C@H](O)[C@@H](O)[C@@H]2O)[C@H](O)[C@H](O)[C@H]1O. The molecule has 2 aliphatic heterocycles. The number of aromatic hydroxyl groups is 3. The molecule has 20 heteroatoms. The second-order valence-electron chi connectivity index (χ2n) is 11.7. The summed E-state index contributed by atoms with van der Waals surface area (Å²) in [5, 5.41) is 92.6. The molecule has 5 rings (SSSR count). The molecular weight excluding hydrogens is 696 g/mol. The summed E-state index contributed by atoms with van der Waals surface area (Å²) >= 11 is 0. The van der Waals surface area contributed by atoms with Gasteiger partial charge in [0.05, 0.1) is 25.1 Å². The Balaban J connectivity index is 1.47. The Labute approximate surface area is 282 Å². The fourth-order valence-corrected chi connectivity index (χ4v) is 5.83. The van der Waals surface area contributed by atoms with Crippen molar-refractivity contribution in [3.63, 3.8) is 0 Å². The molecule has 2 aromatic carbocycles. The van der Waals surface area contributed by atoms with Crippen LogP contribution in [0.3, 0.4) is 0 Å². The molecule has 2 aliphatic rings. The predicted molar refractivity (Wildman–Crippen MR) is 165 cm³/mol. The van der Waals surface area contributed by atoms with Crippen molar-refractivity contribution in [2.45, 2.75) is 74.8 Å². The maximum absolute atomic E-state index is 13.9. The molecular formula is C30H36O19S. The normalized spacial score (nSPS) is 30.3. The molecule has 10 N–H and O–H groups in total. The molecule has 50 heavy (non-hydrogen) atoms. The molecule has 10 atom stereocenters. The van der Waals surface area contributed by atoms with Crippen LogP contribution in [0.4, 0.5) is 0 Å². The number of rotatable bonds is 11. The lowest BCUT2D eigenvalue weighted by Gasteiger charge is -2.42. The topological polar surface area (TPSA) is 313 Å². The molecule has 0 radical (unpaired) electrons. The molecule has 276 valence electrons. The van der Waals surface area contributed by atoms with Crippen molar-refractivity contribution in [1.29, 1.82) is 0 Å². The zero-order valence-corrected chi connectivity index (χ0v) is 26.9. The monoisotopic (exact) mass is 732 g/mol. The fraction of sp³-hybridized carbons (Fsp3) is 0.500. The molecule has 2 fully saturated rings. The summed E-state index contributed by atoms with van der Waals surface area (Å²) < 4.78 is 64.4. The average molecular weight is 733 g/mol. The van der Waals surface area contributed by atoms with Gasteiger partial charge in [-0.25, -0.2) is 0 Å². The molecule has 0 saturated carbocycles. The molecule has 0 bridgehead atoms. The first-order valence-electron chi connectivity index (χ1n) is 15.1. The van der Waals surface area contributed by atoms with E-state index in [1.165, 1.54) is 19.1 Å². The Hall–Kier alpha value is -3.80. The number of aliphatic hydroxyl groups is 6. The van der Waals surface area contributed by atoms with Gasteiger partial charge in [0, 0.05) is 17.7 Å². The summed E-state index contributed by atoms with van der Waals surface area (Å²) in [6, 6.07) is 5.46. The number of aliphatic hydroxyl groups excluding tert-OH is 6. The lowest BCUT2D eigenvalue weighted by atomic mass is 9.98. The second-order valence-corrected chi connectivity index (χ2v) is 13.3. The van der Waals surface area contributed by atoms with E-state index in [9.17, 15) is 59.2 Å². The molecule has 3 aromatic rings.